The number of nitrogens with zero attached hydrogens (tertiary/aromatic N) is 1. The Morgan fingerprint density at radius 2 is 2.20 bits per heavy atom. The van der Waals surface area contributed by atoms with E-state index in [0.717, 1.165) is 25.1 Å². The van der Waals surface area contributed by atoms with Gasteiger partial charge in [0.1, 0.15) is 0 Å². The van der Waals surface area contributed by atoms with Crippen molar-refractivity contribution in [2.24, 2.45) is 5.92 Å². The van der Waals surface area contributed by atoms with Crippen LogP contribution in [0, 0.1) is 5.92 Å². The summed E-state index contributed by atoms with van der Waals surface area (Å²) >= 11 is 0. The zero-order valence-electron chi connectivity index (χ0n) is 9.66. The number of aryl methyl sites for hydroxylation is 1. The average molecular weight is 209 g/mol. The number of carbonyl (C=O) groups is 1. The number of rotatable bonds is 5. The molecule has 0 amide bonds. The Morgan fingerprint density at radius 1 is 1.53 bits per heavy atom. The standard InChI is InChI=1S/C12H19NO2/c1-4-6-13-7-5-10(12(14)15)11(13)8-9(2)3/h5,7,9H,4,6,8H2,1-3H3,(H,14,15). The number of hydrogen-bond acceptors (Lipinski definition) is 1. The van der Waals surface area contributed by atoms with Crippen LogP contribution in [-0.4, -0.2) is 15.6 Å². The van der Waals surface area contributed by atoms with Gasteiger partial charge in [0.05, 0.1) is 5.56 Å². The molecule has 0 atom stereocenters. The van der Waals surface area contributed by atoms with Crippen LogP contribution in [0.5, 0.6) is 0 Å². The minimum atomic E-state index is -0.819. The molecular formula is C12H19NO2. The van der Waals surface area contributed by atoms with Gasteiger partial charge in [0.2, 0.25) is 0 Å². The van der Waals surface area contributed by atoms with Crippen molar-refractivity contribution < 1.29 is 9.90 Å². The SMILES string of the molecule is CCCn1ccc(C(=O)O)c1CC(C)C. The van der Waals surface area contributed by atoms with Gasteiger partial charge < -0.3 is 9.67 Å². The lowest BCUT2D eigenvalue weighted by Gasteiger charge is -2.11. The molecule has 0 saturated heterocycles. The second kappa shape index (κ2) is 5.01. The fourth-order valence-corrected chi connectivity index (χ4v) is 1.76. The molecule has 1 N–H and O–H groups in total. The Bertz CT molecular complexity index is 339. The van der Waals surface area contributed by atoms with E-state index in [9.17, 15) is 4.79 Å². The van der Waals surface area contributed by atoms with E-state index in [4.69, 9.17) is 5.11 Å². The van der Waals surface area contributed by atoms with Gasteiger partial charge in [-0.1, -0.05) is 20.8 Å². The number of aromatic carboxylic acids is 1. The van der Waals surface area contributed by atoms with Gasteiger partial charge in [-0.05, 0) is 24.8 Å². The highest BCUT2D eigenvalue weighted by Crippen LogP contribution is 2.16. The van der Waals surface area contributed by atoms with Crippen molar-refractivity contribution in [2.45, 2.75) is 40.2 Å². The quantitative estimate of drug-likeness (QED) is 0.810. The van der Waals surface area contributed by atoms with E-state index in [2.05, 4.69) is 25.3 Å². The predicted molar refractivity (Wildman–Crippen MR) is 60.2 cm³/mol. The molecule has 0 bridgehead atoms. The first-order chi connectivity index (χ1) is 7.06. The van der Waals surface area contributed by atoms with Crippen LogP contribution in [0.15, 0.2) is 12.3 Å². The molecule has 1 aromatic rings. The molecule has 0 spiro atoms. The molecule has 1 rings (SSSR count). The van der Waals surface area contributed by atoms with Gasteiger partial charge >= 0.3 is 5.97 Å². The lowest BCUT2D eigenvalue weighted by atomic mass is 10.0. The summed E-state index contributed by atoms with van der Waals surface area (Å²) in [5.74, 6) is -0.339. The normalized spacial score (nSPS) is 10.9. The third-order valence-corrected chi connectivity index (χ3v) is 2.38. The minimum Gasteiger partial charge on any atom is -0.478 e. The zero-order valence-corrected chi connectivity index (χ0v) is 9.66. The topological polar surface area (TPSA) is 42.2 Å². The monoisotopic (exact) mass is 209 g/mol. The van der Waals surface area contributed by atoms with Crippen LogP contribution in [0.1, 0.15) is 43.2 Å². The summed E-state index contributed by atoms with van der Waals surface area (Å²) in [5, 5.41) is 9.05. The molecule has 0 aliphatic carbocycles. The first-order valence-electron chi connectivity index (χ1n) is 5.47. The molecule has 0 aromatic carbocycles. The van der Waals surface area contributed by atoms with Crippen LogP contribution >= 0.6 is 0 Å². The van der Waals surface area contributed by atoms with E-state index in [1.54, 1.807) is 6.07 Å². The number of hydrogen-bond donors (Lipinski definition) is 1. The number of aromatic nitrogens is 1. The lowest BCUT2D eigenvalue weighted by molar-refractivity contribution is 0.0695. The van der Waals surface area contributed by atoms with Gasteiger partial charge in [-0.3, -0.25) is 0 Å². The van der Waals surface area contributed by atoms with Crippen molar-refractivity contribution >= 4 is 5.97 Å². The summed E-state index contributed by atoms with van der Waals surface area (Å²) in [5.41, 5.74) is 1.41. The van der Waals surface area contributed by atoms with Crippen LogP contribution in [0.4, 0.5) is 0 Å². The summed E-state index contributed by atoms with van der Waals surface area (Å²) in [6.45, 7) is 7.21. The highest BCUT2D eigenvalue weighted by molar-refractivity contribution is 5.89. The van der Waals surface area contributed by atoms with E-state index in [0.29, 0.717) is 11.5 Å². The van der Waals surface area contributed by atoms with Crippen molar-refractivity contribution in [2.75, 3.05) is 0 Å². The first kappa shape index (κ1) is 11.8. The maximum atomic E-state index is 11.0. The van der Waals surface area contributed by atoms with Crippen LogP contribution < -0.4 is 0 Å². The van der Waals surface area contributed by atoms with Crippen molar-refractivity contribution in [1.82, 2.24) is 4.57 Å². The summed E-state index contributed by atoms with van der Waals surface area (Å²) in [6, 6.07) is 1.70. The fourth-order valence-electron chi connectivity index (χ4n) is 1.76. The summed E-state index contributed by atoms with van der Waals surface area (Å²) in [6.07, 6.45) is 3.73. The Kier molecular flexibility index (Phi) is 3.95. The number of carboxylic acid groups (broad SMARTS) is 1. The minimum absolute atomic E-state index is 0.456. The van der Waals surface area contributed by atoms with Crippen LogP contribution in [0.25, 0.3) is 0 Å². The Morgan fingerprint density at radius 3 is 2.67 bits per heavy atom. The molecule has 3 nitrogen and oxygen atoms in total. The molecule has 3 heteroatoms. The second-order valence-corrected chi connectivity index (χ2v) is 4.27. The molecule has 1 aromatic heterocycles. The van der Waals surface area contributed by atoms with Gasteiger partial charge in [-0.25, -0.2) is 4.79 Å². The first-order valence-corrected chi connectivity index (χ1v) is 5.47. The molecule has 1 heterocycles. The Balaban J connectivity index is 3.02. The fraction of sp³-hybridized carbons (Fsp3) is 0.583. The molecule has 0 radical (unpaired) electrons. The van der Waals surface area contributed by atoms with Crippen molar-refractivity contribution in [3.05, 3.63) is 23.5 Å². The zero-order chi connectivity index (χ0) is 11.4. The molecule has 0 fully saturated rings. The van der Waals surface area contributed by atoms with Gasteiger partial charge in [-0.15, -0.1) is 0 Å². The van der Waals surface area contributed by atoms with Gasteiger partial charge in [0.15, 0.2) is 0 Å². The number of carboxylic acids is 1. The van der Waals surface area contributed by atoms with E-state index in [1.165, 1.54) is 0 Å². The third-order valence-electron chi connectivity index (χ3n) is 2.38. The summed E-state index contributed by atoms with van der Waals surface area (Å²) < 4.78 is 2.06. The molecule has 84 valence electrons. The highest BCUT2D eigenvalue weighted by Gasteiger charge is 2.15. The lowest BCUT2D eigenvalue weighted by Crippen LogP contribution is -2.09. The van der Waals surface area contributed by atoms with E-state index in [1.807, 2.05) is 6.20 Å². The van der Waals surface area contributed by atoms with Gasteiger partial charge in [-0.2, -0.15) is 0 Å². The predicted octanol–water partition coefficient (Wildman–Crippen LogP) is 2.79. The summed E-state index contributed by atoms with van der Waals surface area (Å²) in [7, 11) is 0. The van der Waals surface area contributed by atoms with Crippen molar-refractivity contribution in [3.63, 3.8) is 0 Å². The molecular weight excluding hydrogens is 190 g/mol. The van der Waals surface area contributed by atoms with E-state index in [-0.39, 0.29) is 0 Å². The molecule has 0 unspecified atom stereocenters. The highest BCUT2D eigenvalue weighted by atomic mass is 16.4. The molecule has 15 heavy (non-hydrogen) atoms. The Hall–Kier alpha value is -1.25. The van der Waals surface area contributed by atoms with E-state index < -0.39 is 5.97 Å². The summed E-state index contributed by atoms with van der Waals surface area (Å²) in [4.78, 5) is 11.0. The Labute approximate surface area is 90.7 Å². The van der Waals surface area contributed by atoms with Crippen LogP contribution in [-0.2, 0) is 13.0 Å². The average Bonchev–Trinajstić information content (AvgIpc) is 2.48. The molecule has 0 saturated carbocycles. The maximum absolute atomic E-state index is 11.0. The molecule has 0 aliphatic heterocycles. The van der Waals surface area contributed by atoms with Crippen molar-refractivity contribution in [1.29, 1.82) is 0 Å². The second-order valence-electron chi connectivity index (χ2n) is 4.27. The largest absolute Gasteiger partial charge is 0.478 e. The van der Waals surface area contributed by atoms with Crippen molar-refractivity contribution in [3.8, 4) is 0 Å². The maximum Gasteiger partial charge on any atom is 0.337 e. The van der Waals surface area contributed by atoms with Gasteiger partial charge in [0.25, 0.3) is 0 Å². The van der Waals surface area contributed by atoms with Crippen LogP contribution in [0.3, 0.4) is 0 Å². The van der Waals surface area contributed by atoms with Gasteiger partial charge in [0, 0.05) is 18.4 Å². The van der Waals surface area contributed by atoms with Crippen LogP contribution in [0.2, 0.25) is 0 Å². The van der Waals surface area contributed by atoms with E-state index >= 15 is 0 Å². The molecule has 0 aliphatic rings. The smallest absolute Gasteiger partial charge is 0.337 e. The third kappa shape index (κ3) is 2.85.